The number of benzene rings is 15. The number of aryl methyl sites for hydroxylation is 6. The maximum Gasteiger partial charge on any atom is 0.0640 e. The van der Waals surface area contributed by atoms with Crippen LogP contribution in [0.1, 0.15) is 33.4 Å². The third kappa shape index (κ3) is 9.33. The Kier molecular flexibility index (Phi) is 13.5. The zero-order valence-corrected chi connectivity index (χ0v) is 50.5. The summed E-state index contributed by atoms with van der Waals surface area (Å²) >= 11 is 0. The van der Waals surface area contributed by atoms with Crippen molar-refractivity contribution >= 4 is 133 Å². The summed E-state index contributed by atoms with van der Waals surface area (Å²) in [5, 5.41) is 13.7. The molecule has 15 aromatic carbocycles. The van der Waals surface area contributed by atoms with E-state index in [4.69, 9.17) is 0 Å². The molecule has 0 bridgehead atoms. The van der Waals surface area contributed by atoms with Crippen LogP contribution in [0.3, 0.4) is 0 Å². The summed E-state index contributed by atoms with van der Waals surface area (Å²) in [7, 11) is 0. The first-order valence-corrected chi connectivity index (χ1v) is 30.6. The highest BCUT2D eigenvalue weighted by Gasteiger charge is 2.31. The van der Waals surface area contributed by atoms with E-state index in [2.05, 4.69) is 352 Å². The number of rotatable bonds is 12. The van der Waals surface area contributed by atoms with Gasteiger partial charge in [-0.15, -0.1) is 0 Å². The van der Waals surface area contributed by atoms with Gasteiger partial charge in [0.25, 0.3) is 0 Å². The minimum atomic E-state index is 1.06. The number of fused-ring (bicyclic) bond motifs is 6. The van der Waals surface area contributed by atoms with Gasteiger partial charge in [0, 0.05) is 88.0 Å². The van der Waals surface area contributed by atoms with E-state index in [0.29, 0.717) is 0 Å². The second-order valence-corrected chi connectivity index (χ2v) is 23.8. The average Bonchev–Trinajstić information content (AvgIpc) is 0.820. The molecule has 422 valence electrons. The van der Waals surface area contributed by atoms with Gasteiger partial charge in [-0.2, -0.15) is 0 Å². The van der Waals surface area contributed by atoms with Gasteiger partial charge in [0.2, 0.25) is 0 Å². The molecule has 0 saturated heterocycles. The molecule has 0 atom stereocenters. The van der Waals surface area contributed by atoms with Crippen LogP contribution in [-0.2, 0) is 0 Å². The van der Waals surface area contributed by atoms with E-state index in [1.807, 2.05) is 0 Å². The molecule has 0 fully saturated rings. The van der Waals surface area contributed by atoms with Crippen LogP contribution in [0, 0.1) is 41.5 Å². The normalized spacial score (nSPS) is 11.5. The fraction of sp³-hybridized carbons (Fsp3) is 0.0714. The van der Waals surface area contributed by atoms with Gasteiger partial charge in [0.15, 0.2) is 0 Å². The maximum absolute atomic E-state index is 2.61. The van der Waals surface area contributed by atoms with Crippen molar-refractivity contribution in [3.63, 3.8) is 0 Å². The minimum absolute atomic E-state index is 1.06. The molecular weight excluding hydrogens is 1060 g/mol. The van der Waals surface area contributed by atoms with Crippen molar-refractivity contribution < 1.29 is 0 Å². The summed E-state index contributed by atoms with van der Waals surface area (Å²) in [5.74, 6) is 0. The predicted octanol–water partition coefficient (Wildman–Crippen LogP) is 24.3. The van der Waals surface area contributed by atoms with Crippen LogP contribution in [0.4, 0.5) is 68.2 Å². The molecule has 0 heterocycles. The van der Waals surface area contributed by atoms with Crippen molar-refractivity contribution in [3.05, 3.63) is 325 Å². The molecule has 0 aromatic heterocycles. The summed E-state index contributed by atoms with van der Waals surface area (Å²) in [6.07, 6.45) is 0. The topological polar surface area (TPSA) is 13.0 Å². The fourth-order valence-electron chi connectivity index (χ4n) is 13.4. The number of anilines is 12. The lowest BCUT2D eigenvalue weighted by molar-refractivity contribution is 1.28. The number of hydrogen-bond donors (Lipinski definition) is 0. The molecular formula is C84H66N4. The van der Waals surface area contributed by atoms with Crippen LogP contribution in [-0.4, -0.2) is 0 Å². The van der Waals surface area contributed by atoms with Crippen LogP contribution in [0.2, 0.25) is 0 Å². The fourth-order valence-corrected chi connectivity index (χ4v) is 13.4. The lowest BCUT2D eigenvalue weighted by Gasteiger charge is -2.36. The van der Waals surface area contributed by atoms with E-state index in [1.54, 1.807) is 0 Å². The van der Waals surface area contributed by atoms with Gasteiger partial charge < -0.3 is 19.6 Å². The lowest BCUT2D eigenvalue weighted by atomic mass is 9.92. The van der Waals surface area contributed by atoms with Crippen molar-refractivity contribution in [2.75, 3.05) is 19.6 Å². The average molecular weight is 1130 g/mol. The monoisotopic (exact) mass is 1130 g/mol. The first kappa shape index (κ1) is 53.8. The summed E-state index contributed by atoms with van der Waals surface area (Å²) in [5.41, 5.74) is 20.4. The van der Waals surface area contributed by atoms with Gasteiger partial charge >= 0.3 is 0 Å². The molecule has 0 aliphatic carbocycles. The molecule has 15 rings (SSSR count). The van der Waals surface area contributed by atoms with E-state index in [0.717, 1.165) is 133 Å². The summed E-state index contributed by atoms with van der Waals surface area (Å²) < 4.78 is 0. The van der Waals surface area contributed by atoms with Gasteiger partial charge in [0.05, 0.1) is 34.1 Å². The molecule has 88 heavy (non-hydrogen) atoms. The van der Waals surface area contributed by atoms with E-state index < -0.39 is 0 Å². The van der Waals surface area contributed by atoms with Crippen LogP contribution < -0.4 is 19.6 Å². The summed E-state index contributed by atoms with van der Waals surface area (Å²) in [6.45, 7) is 13.0. The second-order valence-electron chi connectivity index (χ2n) is 23.8. The molecule has 0 unspecified atom stereocenters. The Hall–Kier alpha value is -10.9. The maximum atomic E-state index is 2.61. The standard InChI is InChI=1S/C84H66N4/c1-55-30-42-63(43-31-55)85(64-44-32-56(2)33-45-64)80-70-21-9-13-25-74(70)82(75-26-14-10-22-71(75)80)87(67-50-38-59(5)39-51-67)78-29-17-19-62-54-61-18-7-8-20-69(61)84(79(62)78)88(68-52-40-60(6)41-53-68)83-76-27-15-11-23-72(76)81(73-24-12-16-28-77(73)83)86(65-46-34-57(3)35-47-65)66-48-36-58(4)37-49-66/h7-54H,1-6H3. The van der Waals surface area contributed by atoms with Gasteiger partial charge in [-0.3, -0.25) is 0 Å². The third-order valence-corrected chi connectivity index (χ3v) is 17.7. The van der Waals surface area contributed by atoms with E-state index >= 15 is 0 Å². The Bertz CT molecular complexity index is 4920. The van der Waals surface area contributed by atoms with Crippen LogP contribution in [0.25, 0.3) is 64.6 Å². The predicted molar refractivity (Wildman–Crippen MR) is 379 cm³/mol. The quantitative estimate of drug-likeness (QED) is 0.0893. The highest BCUT2D eigenvalue weighted by atomic mass is 15.2. The second kappa shape index (κ2) is 22.2. The van der Waals surface area contributed by atoms with Crippen molar-refractivity contribution in [1.29, 1.82) is 0 Å². The molecule has 0 aliphatic rings. The Morgan fingerprint density at radius 3 is 0.739 bits per heavy atom. The molecule has 0 saturated carbocycles. The SMILES string of the molecule is Cc1ccc(N(c2ccc(C)cc2)c2c3ccccc3c(N(c3ccc(C)cc3)c3cccc4cc5ccccc5c(N(c5ccc(C)cc5)c5c6ccccc6c(N(c6ccc(C)cc6)c6ccc(C)cc6)c6ccccc56)c34)c3ccccc23)cc1. The zero-order valence-electron chi connectivity index (χ0n) is 50.5. The zero-order chi connectivity index (χ0) is 59.6. The highest BCUT2D eigenvalue weighted by molar-refractivity contribution is 6.29. The van der Waals surface area contributed by atoms with Gasteiger partial charge in [-0.05, 0) is 137 Å². The number of nitrogens with zero attached hydrogens (tertiary/aromatic N) is 4. The van der Waals surface area contributed by atoms with Gasteiger partial charge in [0.1, 0.15) is 0 Å². The molecule has 4 heteroatoms. The van der Waals surface area contributed by atoms with Crippen LogP contribution in [0.15, 0.2) is 291 Å². The van der Waals surface area contributed by atoms with Crippen molar-refractivity contribution in [2.45, 2.75) is 41.5 Å². The van der Waals surface area contributed by atoms with Gasteiger partial charge in [-0.25, -0.2) is 0 Å². The Balaban J connectivity index is 1.08. The molecule has 0 aliphatic heterocycles. The van der Waals surface area contributed by atoms with E-state index in [1.165, 1.54) is 33.4 Å². The van der Waals surface area contributed by atoms with E-state index in [9.17, 15) is 0 Å². The van der Waals surface area contributed by atoms with Crippen molar-refractivity contribution in [1.82, 2.24) is 0 Å². The molecule has 0 radical (unpaired) electrons. The molecule has 0 spiro atoms. The first-order chi connectivity index (χ1) is 43.1. The smallest absolute Gasteiger partial charge is 0.0640 e. The summed E-state index contributed by atoms with van der Waals surface area (Å²) in [4.78, 5) is 10.1. The van der Waals surface area contributed by atoms with Crippen molar-refractivity contribution in [2.24, 2.45) is 0 Å². The van der Waals surface area contributed by atoms with Crippen LogP contribution in [0.5, 0.6) is 0 Å². The van der Waals surface area contributed by atoms with Crippen molar-refractivity contribution in [3.8, 4) is 0 Å². The first-order valence-electron chi connectivity index (χ1n) is 30.6. The lowest BCUT2D eigenvalue weighted by Crippen LogP contribution is -2.17. The Morgan fingerprint density at radius 2 is 0.420 bits per heavy atom. The van der Waals surface area contributed by atoms with E-state index in [-0.39, 0.29) is 0 Å². The molecule has 0 amide bonds. The summed E-state index contributed by atoms with van der Waals surface area (Å²) in [6, 6.07) is 109. The minimum Gasteiger partial charge on any atom is -0.309 e. The molecule has 15 aromatic rings. The Labute approximate surface area is 515 Å². The van der Waals surface area contributed by atoms with Gasteiger partial charge in [-0.1, -0.05) is 240 Å². The third-order valence-electron chi connectivity index (χ3n) is 17.7. The molecule has 4 nitrogen and oxygen atoms in total. The number of hydrogen-bond acceptors (Lipinski definition) is 4. The Morgan fingerprint density at radius 1 is 0.182 bits per heavy atom. The van der Waals surface area contributed by atoms with Crippen LogP contribution >= 0.6 is 0 Å². The molecule has 0 N–H and O–H groups in total. The largest absolute Gasteiger partial charge is 0.309 e. The highest BCUT2D eigenvalue weighted by Crippen LogP contribution is 2.57.